The van der Waals surface area contributed by atoms with Crippen LogP contribution in [0.2, 0.25) is 0 Å². The Bertz CT molecular complexity index is 1100. The van der Waals surface area contributed by atoms with Crippen LogP contribution >= 0.6 is 0 Å². The third-order valence-electron chi connectivity index (χ3n) is 5.02. The van der Waals surface area contributed by atoms with E-state index < -0.39 is 5.60 Å². The van der Waals surface area contributed by atoms with Gasteiger partial charge in [0.2, 0.25) is 0 Å². The maximum absolute atomic E-state index is 10.3. The second kappa shape index (κ2) is 7.31. The zero-order valence-corrected chi connectivity index (χ0v) is 16.5. The molecule has 5 heteroatoms. The van der Waals surface area contributed by atoms with E-state index in [1.807, 2.05) is 32.0 Å². The van der Waals surface area contributed by atoms with Crippen LogP contribution in [0.15, 0.2) is 42.7 Å². The molecule has 0 amide bonds. The molecule has 1 N–H and O–H groups in total. The van der Waals surface area contributed by atoms with E-state index in [0.29, 0.717) is 17.8 Å². The van der Waals surface area contributed by atoms with Crippen LogP contribution < -0.4 is 0 Å². The van der Waals surface area contributed by atoms with Crippen molar-refractivity contribution in [1.82, 2.24) is 9.55 Å². The van der Waals surface area contributed by atoms with E-state index in [-0.39, 0.29) is 0 Å². The predicted molar refractivity (Wildman–Crippen MR) is 109 cm³/mol. The molecule has 0 aliphatic heterocycles. The van der Waals surface area contributed by atoms with Crippen molar-refractivity contribution in [2.45, 2.75) is 39.8 Å². The minimum atomic E-state index is -0.961. The summed E-state index contributed by atoms with van der Waals surface area (Å²) in [4.78, 5) is 7.70. The second-order valence-electron chi connectivity index (χ2n) is 7.42. The highest BCUT2D eigenvalue weighted by atomic mass is 16.3. The lowest BCUT2D eigenvalue weighted by atomic mass is 9.99. The largest absolute Gasteiger partial charge is 0.386 e. The summed E-state index contributed by atoms with van der Waals surface area (Å²) in [5.74, 6) is 0. The summed E-state index contributed by atoms with van der Waals surface area (Å²) in [5, 5.41) is 20.0. The highest BCUT2D eigenvalue weighted by Gasteiger charge is 2.20. The molecule has 28 heavy (non-hydrogen) atoms. The zero-order chi connectivity index (χ0) is 20.5. The molecule has 5 nitrogen and oxygen atoms in total. The van der Waals surface area contributed by atoms with Gasteiger partial charge in [-0.3, -0.25) is 4.98 Å². The van der Waals surface area contributed by atoms with Crippen LogP contribution in [-0.2, 0) is 12.1 Å². The topological polar surface area (TPSA) is 66.2 Å². The van der Waals surface area contributed by atoms with Crippen molar-refractivity contribution < 1.29 is 5.11 Å². The van der Waals surface area contributed by atoms with E-state index in [0.717, 1.165) is 33.6 Å². The number of hydrogen-bond acceptors (Lipinski definition) is 3. The van der Waals surface area contributed by atoms with Gasteiger partial charge < -0.3 is 9.67 Å². The fraction of sp³-hybridized carbons (Fsp3) is 0.261. The van der Waals surface area contributed by atoms with E-state index >= 15 is 0 Å². The summed E-state index contributed by atoms with van der Waals surface area (Å²) in [7, 11) is 0. The molecule has 0 spiro atoms. The fourth-order valence-electron chi connectivity index (χ4n) is 3.40. The molecule has 0 radical (unpaired) electrons. The Balaban J connectivity index is 2.08. The van der Waals surface area contributed by atoms with Crippen LogP contribution in [0.5, 0.6) is 0 Å². The van der Waals surface area contributed by atoms with Gasteiger partial charge in [-0.05, 0) is 44.9 Å². The molecule has 1 aromatic carbocycles. The van der Waals surface area contributed by atoms with Gasteiger partial charge in [0.15, 0.2) is 5.69 Å². The van der Waals surface area contributed by atoms with Crippen molar-refractivity contribution >= 4 is 5.69 Å². The first-order chi connectivity index (χ1) is 13.3. The van der Waals surface area contributed by atoms with Crippen molar-refractivity contribution in [2.24, 2.45) is 0 Å². The van der Waals surface area contributed by atoms with E-state index in [1.54, 1.807) is 38.4 Å². The molecule has 2 aromatic heterocycles. The first-order valence-corrected chi connectivity index (χ1v) is 9.00. The highest BCUT2D eigenvalue weighted by molar-refractivity contribution is 5.76. The molecule has 3 rings (SSSR count). The van der Waals surface area contributed by atoms with Gasteiger partial charge in [-0.1, -0.05) is 24.3 Å². The SMILES string of the molecule is [C-]#[N+]c1ccc(-c2c(C#N)c(C)n(Cc3cncc(C(C)(C)O)c3)c2C)cc1. The summed E-state index contributed by atoms with van der Waals surface area (Å²) < 4.78 is 2.10. The van der Waals surface area contributed by atoms with Gasteiger partial charge >= 0.3 is 0 Å². The fourth-order valence-corrected chi connectivity index (χ4v) is 3.40. The van der Waals surface area contributed by atoms with Crippen LogP contribution in [0, 0.1) is 31.8 Å². The first kappa shape index (κ1) is 19.4. The maximum Gasteiger partial charge on any atom is 0.187 e. The van der Waals surface area contributed by atoms with Crippen molar-refractivity contribution in [3.8, 4) is 17.2 Å². The number of hydrogen-bond donors (Lipinski definition) is 1. The normalized spacial score (nSPS) is 11.1. The Kier molecular flexibility index (Phi) is 5.05. The molecule has 0 saturated carbocycles. The van der Waals surface area contributed by atoms with Gasteiger partial charge in [0.1, 0.15) is 6.07 Å². The molecule has 0 fully saturated rings. The lowest BCUT2D eigenvalue weighted by Gasteiger charge is -2.18. The molecule has 2 heterocycles. The van der Waals surface area contributed by atoms with Crippen molar-refractivity contribution in [1.29, 1.82) is 5.26 Å². The number of aliphatic hydroxyl groups is 1. The van der Waals surface area contributed by atoms with E-state index in [1.165, 1.54) is 0 Å². The van der Waals surface area contributed by atoms with E-state index in [9.17, 15) is 10.4 Å². The van der Waals surface area contributed by atoms with Crippen molar-refractivity contribution in [3.63, 3.8) is 0 Å². The number of pyridine rings is 1. The number of nitriles is 1. The number of rotatable bonds is 4. The van der Waals surface area contributed by atoms with Crippen LogP contribution in [0.4, 0.5) is 5.69 Å². The molecule has 0 aliphatic carbocycles. The summed E-state index contributed by atoms with van der Waals surface area (Å²) in [6.07, 6.45) is 3.45. The molecule has 0 aliphatic rings. The van der Waals surface area contributed by atoms with Crippen LogP contribution in [0.1, 0.15) is 41.9 Å². The third-order valence-corrected chi connectivity index (χ3v) is 5.02. The molecular weight excluding hydrogens is 348 g/mol. The number of benzene rings is 1. The Labute approximate surface area is 165 Å². The monoisotopic (exact) mass is 370 g/mol. The van der Waals surface area contributed by atoms with Crippen LogP contribution in [0.25, 0.3) is 16.0 Å². The Hall–Kier alpha value is -3.41. The lowest BCUT2D eigenvalue weighted by Crippen LogP contribution is -2.16. The first-order valence-electron chi connectivity index (χ1n) is 9.00. The van der Waals surface area contributed by atoms with Crippen LogP contribution in [0.3, 0.4) is 0 Å². The van der Waals surface area contributed by atoms with Crippen molar-refractivity contribution in [3.05, 3.63) is 82.2 Å². The molecule has 0 atom stereocenters. The van der Waals surface area contributed by atoms with Gasteiger partial charge in [0.25, 0.3) is 0 Å². The van der Waals surface area contributed by atoms with E-state index in [2.05, 4.69) is 20.5 Å². The standard InChI is InChI=1S/C23H22N4O/c1-15-21(11-24)22(18-6-8-20(25-5)9-7-18)16(2)27(15)14-17-10-19(13-26-12-17)23(3,4)28/h6-10,12-13,28H,14H2,1-4H3. The second-order valence-corrected chi connectivity index (χ2v) is 7.42. The van der Waals surface area contributed by atoms with Gasteiger partial charge in [0, 0.05) is 41.5 Å². The highest BCUT2D eigenvalue weighted by Crippen LogP contribution is 2.33. The van der Waals surface area contributed by atoms with Gasteiger partial charge in [-0.2, -0.15) is 5.26 Å². The summed E-state index contributed by atoms with van der Waals surface area (Å²) in [6, 6.07) is 11.6. The quantitative estimate of drug-likeness (QED) is 0.667. The summed E-state index contributed by atoms with van der Waals surface area (Å²) in [6.45, 7) is 15.1. The van der Waals surface area contributed by atoms with Crippen LogP contribution in [-0.4, -0.2) is 14.7 Å². The Morgan fingerprint density at radius 1 is 1.18 bits per heavy atom. The molecule has 140 valence electrons. The zero-order valence-electron chi connectivity index (χ0n) is 16.5. The molecule has 0 bridgehead atoms. The number of aromatic nitrogens is 2. The minimum absolute atomic E-state index is 0.559. The molecule has 0 saturated heterocycles. The molecule has 3 aromatic rings. The molecule has 0 unspecified atom stereocenters. The van der Waals surface area contributed by atoms with Crippen molar-refractivity contribution in [2.75, 3.05) is 0 Å². The summed E-state index contributed by atoms with van der Waals surface area (Å²) in [5.41, 5.74) is 5.65. The maximum atomic E-state index is 10.3. The average Bonchev–Trinajstić information content (AvgIpc) is 2.91. The molecular formula is C23H22N4O. The van der Waals surface area contributed by atoms with Gasteiger partial charge in [-0.15, -0.1) is 0 Å². The van der Waals surface area contributed by atoms with Gasteiger partial charge in [0.05, 0.1) is 17.7 Å². The lowest BCUT2D eigenvalue weighted by molar-refractivity contribution is 0.0781. The third kappa shape index (κ3) is 3.53. The smallest absolute Gasteiger partial charge is 0.187 e. The predicted octanol–water partition coefficient (Wildman–Crippen LogP) is 4.87. The minimum Gasteiger partial charge on any atom is -0.386 e. The summed E-state index contributed by atoms with van der Waals surface area (Å²) >= 11 is 0. The Morgan fingerprint density at radius 3 is 2.43 bits per heavy atom. The number of nitrogens with zero attached hydrogens (tertiary/aromatic N) is 4. The average molecular weight is 370 g/mol. The Morgan fingerprint density at radius 2 is 1.86 bits per heavy atom. The van der Waals surface area contributed by atoms with Gasteiger partial charge in [-0.25, -0.2) is 4.85 Å². The van der Waals surface area contributed by atoms with E-state index in [4.69, 9.17) is 6.57 Å².